The molecule has 1 aliphatic rings. The maximum atomic E-state index is 12.4. The molecule has 1 N–H and O–H groups in total. The Morgan fingerprint density at radius 3 is 2.87 bits per heavy atom. The second-order valence-corrected chi connectivity index (χ2v) is 7.59. The predicted octanol–water partition coefficient (Wildman–Crippen LogP) is 3.17. The number of rotatable bonds is 7. The number of piperidine rings is 1. The molecule has 1 saturated heterocycles. The van der Waals surface area contributed by atoms with E-state index in [0.29, 0.717) is 30.9 Å². The van der Waals surface area contributed by atoms with Crippen molar-refractivity contribution in [3.05, 3.63) is 41.3 Å². The monoisotopic (exact) mass is 409 g/mol. The Morgan fingerprint density at radius 2 is 2.07 bits per heavy atom. The topological polar surface area (TPSA) is 93.4 Å². The first-order valence-electron chi connectivity index (χ1n) is 10.4. The molecule has 1 amide bonds. The van der Waals surface area contributed by atoms with Crippen molar-refractivity contribution in [2.45, 2.75) is 45.6 Å². The van der Waals surface area contributed by atoms with Crippen LogP contribution in [-0.4, -0.2) is 41.2 Å². The van der Waals surface area contributed by atoms with Crippen LogP contribution in [0.15, 0.2) is 28.8 Å². The summed E-state index contributed by atoms with van der Waals surface area (Å²) < 4.78 is 10.6. The van der Waals surface area contributed by atoms with Crippen molar-refractivity contribution < 1.29 is 14.1 Å². The number of carbonyl (C=O) groups excluding carboxylic acids is 1. The van der Waals surface area contributed by atoms with Crippen LogP contribution >= 0.6 is 0 Å². The summed E-state index contributed by atoms with van der Waals surface area (Å²) in [7, 11) is 1.63. The van der Waals surface area contributed by atoms with Crippen LogP contribution in [-0.2, 0) is 17.8 Å². The Hall–Kier alpha value is -3.16. The minimum absolute atomic E-state index is 0.0465. The number of anilines is 1. The number of methoxy groups -OCH3 is 1. The smallest absolute Gasteiger partial charge is 0.263 e. The Balaban J connectivity index is 1.42. The zero-order valence-corrected chi connectivity index (χ0v) is 17.5. The van der Waals surface area contributed by atoms with Crippen molar-refractivity contribution in [3.63, 3.8) is 0 Å². The molecule has 8 heteroatoms. The highest BCUT2D eigenvalue weighted by atomic mass is 16.5. The highest BCUT2D eigenvalue weighted by Crippen LogP contribution is 2.29. The summed E-state index contributed by atoms with van der Waals surface area (Å²) in [5.41, 5.74) is 2.29. The predicted molar refractivity (Wildman–Crippen MR) is 114 cm³/mol. The van der Waals surface area contributed by atoms with Gasteiger partial charge < -0.3 is 19.5 Å². The summed E-state index contributed by atoms with van der Waals surface area (Å²) in [6, 6.07) is 7.65. The fraction of sp³-hybridized carbons (Fsp3) is 0.455. The van der Waals surface area contributed by atoms with E-state index in [0.717, 1.165) is 54.1 Å². The Kier molecular flexibility index (Phi) is 6.11. The van der Waals surface area contributed by atoms with Gasteiger partial charge in [-0.2, -0.15) is 4.98 Å². The number of benzene rings is 1. The van der Waals surface area contributed by atoms with Gasteiger partial charge in [-0.05, 0) is 43.9 Å². The number of nitrogens with zero attached hydrogens (tertiary/aromatic N) is 4. The number of hydrogen-bond acceptors (Lipinski definition) is 7. The van der Waals surface area contributed by atoms with Crippen molar-refractivity contribution in [1.29, 1.82) is 0 Å². The van der Waals surface area contributed by atoms with E-state index < -0.39 is 0 Å². The molecule has 0 aliphatic carbocycles. The molecule has 8 nitrogen and oxygen atoms in total. The van der Waals surface area contributed by atoms with Crippen LogP contribution in [0.2, 0.25) is 0 Å². The fourth-order valence-electron chi connectivity index (χ4n) is 3.75. The van der Waals surface area contributed by atoms with Crippen LogP contribution in [0.4, 0.5) is 5.82 Å². The minimum atomic E-state index is -0.0465. The number of aryl methyl sites for hydroxylation is 2. The lowest BCUT2D eigenvalue weighted by atomic mass is 10.1. The lowest BCUT2D eigenvalue weighted by Gasteiger charge is -2.28. The van der Waals surface area contributed by atoms with Gasteiger partial charge >= 0.3 is 0 Å². The zero-order valence-electron chi connectivity index (χ0n) is 17.5. The summed E-state index contributed by atoms with van der Waals surface area (Å²) in [6.07, 6.45) is 4.30. The number of amides is 1. The van der Waals surface area contributed by atoms with E-state index in [1.54, 1.807) is 7.11 Å². The first kappa shape index (κ1) is 20.1. The maximum absolute atomic E-state index is 12.4. The minimum Gasteiger partial charge on any atom is -0.497 e. The molecule has 0 bridgehead atoms. The van der Waals surface area contributed by atoms with Crippen LogP contribution in [0, 0.1) is 6.92 Å². The van der Waals surface area contributed by atoms with Gasteiger partial charge in [0.2, 0.25) is 5.91 Å². The van der Waals surface area contributed by atoms with Gasteiger partial charge in [0.25, 0.3) is 5.71 Å². The van der Waals surface area contributed by atoms with Crippen molar-refractivity contribution in [1.82, 2.24) is 20.4 Å². The number of aromatic nitrogens is 3. The molecule has 0 radical (unpaired) electrons. The van der Waals surface area contributed by atoms with Crippen LogP contribution in [0.3, 0.4) is 0 Å². The molecule has 4 rings (SSSR count). The summed E-state index contributed by atoms with van der Waals surface area (Å²) in [4.78, 5) is 23.9. The van der Waals surface area contributed by atoms with Crippen LogP contribution < -0.4 is 15.0 Å². The first-order valence-corrected chi connectivity index (χ1v) is 10.4. The van der Waals surface area contributed by atoms with Gasteiger partial charge in [-0.3, -0.25) is 4.79 Å². The van der Waals surface area contributed by atoms with Gasteiger partial charge in [0, 0.05) is 32.5 Å². The van der Waals surface area contributed by atoms with E-state index in [-0.39, 0.29) is 5.91 Å². The molecular weight excluding hydrogens is 382 g/mol. The van der Waals surface area contributed by atoms with Gasteiger partial charge in [-0.25, -0.2) is 4.98 Å². The molecule has 1 aliphatic heterocycles. The van der Waals surface area contributed by atoms with E-state index in [1.165, 1.54) is 6.42 Å². The fourth-order valence-corrected chi connectivity index (χ4v) is 3.75. The highest BCUT2D eigenvalue weighted by Gasteiger charge is 2.21. The molecule has 1 fully saturated rings. The molecule has 1 aromatic carbocycles. The Morgan fingerprint density at radius 1 is 1.23 bits per heavy atom. The summed E-state index contributed by atoms with van der Waals surface area (Å²) >= 11 is 0. The number of nitrogens with one attached hydrogen (secondary N) is 1. The van der Waals surface area contributed by atoms with Gasteiger partial charge in [0.05, 0.1) is 12.8 Å². The largest absolute Gasteiger partial charge is 0.497 e. The molecule has 0 saturated carbocycles. The molecule has 3 heterocycles. The molecule has 158 valence electrons. The normalized spacial score (nSPS) is 14.1. The van der Waals surface area contributed by atoms with Crippen molar-refractivity contribution in [2.24, 2.45) is 0 Å². The molecule has 30 heavy (non-hydrogen) atoms. The van der Waals surface area contributed by atoms with Gasteiger partial charge in [0.1, 0.15) is 22.8 Å². The second-order valence-electron chi connectivity index (χ2n) is 7.59. The second kappa shape index (κ2) is 9.11. The van der Waals surface area contributed by atoms with E-state index in [2.05, 4.69) is 20.4 Å². The molecule has 0 spiro atoms. The Bertz CT molecular complexity index is 1030. The lowest BCUT2D eigenvalue weighted by Crippen LogP contribution is -2.30. The van der Waals surface area contributed by atoms with Gasteiger partial charge in [-0.15, -0.1) is 0 Å². The molecule has 0 atom stereocenters. The van der Waals surface area contributed by atoms with Crippen LogP contribution in [0.1, 0.15) is 42.8 Å². The van der Waals surface area contributed by atoms with Gasteiger partial charge in [-0.1, -0.05) is 17.3 Å². The third kappa shape index (κ3) is 4.53. The Labute approximate surface area is 175 Å². The summed E-state index contributed by atoms with van der Waals surface area (Å²) in [5, 5.41) is 7.89. The summed E-state index contributed by atoms with van der Waals surface area (Å²) in [6.45, 7) is 4.30. The van der Waals surface area contributed by atoms with Crippen molar-refractivity contribution in [2.75, 3.05) is 25.1 Å². The molecular formula is C22H27N5O3. The first-order chi connectivity index (χ1) is 14.6. The van der Waals surface area contributed by atoms with Crippen LogP contribution in [0.5, 0.6) is 5.75 Å². The maximum Gasteiger partial charge on any atom is 0.263 e. The number of carbonyl (C=O) groups is 1. The third-order valence-corrected chi connectivity index (χ3v) is 5.39. The number of fused-ring (bicyclic) bond motifs is 1. The highest BCUT2D eigenvalue weighted by molar-refractivity contribution is 5.88. The number of ether oxygens (including phenoxy) is 1. The standard InChI is InChI=1S/C22H27N5O3/c1-15-20-21(27-11-4-3-5-12-27)24-18(25-22(20)30-26-15)9-10-19(28)23-14-16-7-6-8-17(13-16)29-2/h6-8,13H,3-5,9-12,14H2,1-2H3,(H,23,28). The lowest BCUT2D eigenvalue weighted by molar-refractivity contribution is -0.121. The average molecular weight is 409 g/mol. The SMILES string of the molecule is COc1cccc(CNC(=O)CCc2nc(N3CCCCC3)c3c(C)noc3n2)c1. The molecule has 0 unspecified atom stereocenters. The van der Waals surface area contributed by atoms with E-state index in [4.69, 9.17) is 14.2 Å². The van der Waals surface area contributed by atoms with E-state index in [1.807, 2.05) is 31.2 Å². The molecule has 3 aromatic rings. The summed E-state index contributed by atoms with van der Waals surface area (Å²) in [5.74, 6) is 2.21. The van der Waals surface area contributed by atoms with Gasteiger partial charge in [0.15, 0.2) is 0 Å². The van der Waals surface area contributed by atoms with E-state index >= 15 is 0 Å². The van der Waals surface area contributed by atoms with Crippen LogP contribution in [0.25, 0.3) is 11.1 Å². The average Bonchev–Trinajstić information content (AvgIpc) is 3.17. The molecule has 2 aromatic heterocycles. The van der Waals surface area contributed by atoms with Crippen molar-refractivity contribution >= 4 is 22.8 Å². The third-order valence-electron chi connectivity index (χ3n) is 5.39. The van der Waals surface area contributed by atoms with E-state index in [9.17, 15) is 4.79 Å². The number of hydrogen-bond donors (Lipinski definition) is 1. The van der Waals surface area contributed by atoms with Crippen molar-refractivity contribution in [3.8, 4) is 5.75 Å². The zero-order chi connectivity index (χ0) is 20.9. The quantitative estimate of drug-likeness (QED) is 0.640.